The van der Waals surface area contributed by atoms with Gasteiger partial charge in [0.2, 0.25) is 21.8 Å². The molecule has 1 saturated carbocycles. The van der Waals surface area contributed by atoms with Crippen LogP contribution in [0.3, 0.4) is 0 Å². The summed E-state index contributed by atoms with van der Waals surface area (Å²) in [6, 6.07) is 6.34. The maximum absolute atomic E-state index is 13.0. The quantitative estimate of drug-likeness (QED) is 0.601. The summed E-state index contributed by atoms with van der Waals surface area (Å²) in [6.07, 6.45) is 6.23. The molecular weight excluding hydrogens is 438 g/mol. The molecule has 1 heterocycles. The standard InChI is InChI=1S/C25H39N3O4S/c1-18(2)23(25(30)28-15-5-4-6-16-28)27-24(29)21-11-9-20(10-12-21)17-26-33(31,32)22-13-7-19(3)8-14-22/h7-8,13-14,18,20-21,23,26H,4-6,9-12,15-17H2,1-3H3,(H,27,29)/t20?,21?,23-/m0/s1. The largest absolute Gasteiger partial charge is 0.344 e. The lowest BCUT2D eigenvalue weighted by molar-refractivity contribution is -0.139. The van der Waals surface area contributed by atoms with Gasteiger partial charge in [-0.2, -0.15) is 0 Å². The van der Waals surface area contributed by atoms with E-state index in [0.717, 1.165) is 50.8 Å². The Kier molecular flexibility index (Phi) is 8.93. The molecule has 0 bridgehead atoms. The smallest absolute Gasteiger partial charge is 0.245 e. The van der Waals surface area contributed by atoms with Crippen LogP contribution in [0.15, 0.2) is 29.2 Å². The van der Waals surface area contributed by atoms with Crippen LogP contribution < -0.4 is 10.0 Å². The van der Waals surface area contributed by atoms with Crippen molar-refractivity contribution >= 4 is 21.8 Å². The van der Waals surface area contributed by atoms with Crippen LogP contribution in [0, 0.1) is 24.7 Å². The number of carbonyl (C=O) groups excluding carboxylic acids is 2. The Morgan fingerprint density at radius 2 is 1.61 bits per heavy atom. The third-order valence-corrected chi connectivity index (χ3v) is 8.45. The first kappa shape index (κ1) is 25.7. The van der Waals surface area contributed by atoms with Gasteiger partial charge in [0.25, 0.3) is 0 Å². The monoisotopic (exact) mass is 477 g/mol. The molecule has 7 nitrogen and oxygen atoms in total. The van der Waals surface area contributed by atoms with Gasteiger partial charge < -0.3 is 10.2 Å². The van der Waals surface area contributed by atoms with E-state index in [4.69, 9.17) is 0 Å². The van der Waals surface area contributed by atoms with Gasteiger partial charge >= 0.3 is 0 Å². The highest BCUT2D eigenvalue weighted by atomic mass is 32.2. The molecule has 0 unspecified atom stereocenters. The third-order valence-electron chi connectivity index (χ3n) is 7.01. The van der Waals surface area contributed by atoms with E-state index in [9.17, 15) is 18.0 Å². The SMILES string of the molecule is Cc1ccc(S(=O)(=O)NCC2CCC(C(=O)N[C@H](C(=O)N3CCCCC3)C(C)C)CC2)cc1. The molecule has 2 aliphatic rings. The maximum Gasteiger partial charge on any atom is 0.245 e. The zero-order valence-corrected chi connectivity index (χ0v) is 21.0. The lowest BCUT2D eigenvalue weighted by Crippen LogP contribution is -2.53. The number of piperidine rings is 1. The highest BCUT2D eigenvalue weighted by Crippen LogP contribution is 2.29. The van der Waals surface area contributed by atoms with Crippen LogP contribution in [0.25, 0.3) is 0 Å². The predicted octanol–water partition coefficient (Wildman–Crippen LogP) is 3.23. The van der Waals surface area contributed by atoms with E-state index in [2.05, 4.69) is 10.0 Å². The van der Waals surface area contributed by atoms with Gasteiger partial charge in [-0.3, -0.25) is 9.59 Å². The average Bonchev–Trinajstić information content (AvgIpc) is 2.81. The summed E-state index contributed by atoms with van der Waals surface area (Å²) in [4.78, 5) is 28.1. The van der Waals surface area contributed by atoms with Crippen molar-refractivity contribution in [2.75, 3.05) is 19.6 Å². The second-order valence-corrected chi connectivity index (χ2v) is 11.8. The van der Waals surface area contributed by atoms with E-state index < -0.39 is 16.1 Å². The first-order valence-electron chi connectivity index (χ1n) is 12.3. The first-order valence-corrected chi connectivity index (χ1v) is 13.8. The molecule has 1 saturated heterocycles. The molecule has 1 aromatic carbocycles. The number of hydrogen-bond acceptors (Lipinski definition) is 4. The number of benzene rings is 1. The van der Waals surface area contributed by atoms with Gasteiger partial charge in [0.15, 0.2) is 0 Å². The van der Waals surface area contributed by atoms with Gasteiger partial charge in [-0.25, -0.2) is 13.1 Å². The summed E-state index contributed by atoms with van der Waals surface area (Å²) in [6.45, 7) is 7.81. The third kappa shape index (κ3) is 7.03. The van der Waals surface area contributed by atoms with Gasteiger partial charge in [-0.15, -0.1) is 0 Å². The normalized spacial score (nSPS) is 22.7. The summed E-state index contributed by atoms with van der Waals surface area (Å²) in [5.74, 6) is 0.126. The topological polar surface area (TPSA) is 95.6 Å². The maximum atomic E-state index is 13.0. The number of sulfonamides is 1. The fourth-order valence-corrected chi connectivity index (χ4v) is 5.87. The highest BCUT2D eigenvalue weighted by Gasteiger charge is 2.33. The molecule has 8 heteroatoms. The number of rotatable bonds is 8. The molecule has 2 fully saturated rings. The number of likely N-dealkylation sites (tertiary alicyclic amines) is 1. The Balaban J connectivity index is 1.47. The number of hydrogen-bond donors (Lipinski definition) is 2. The molecule has 0 aromatic heterocycles. The van der Waals surface area contributed by atoms with Crippen LogP contribution >= 0.6 is 0 Å². The van der Waals surface area contributed by atoms with Crippen molar-refractivity contribution in [1.29, 1.82) is 0 Å². The van der Waals surface area contributed by atoms with Crippen molar-refractivity contribution in [3.63, 3.8) is 0 Å². The van der Waals surface area contributed by atoms with E-state index in [1.807, 2.05) is 25.7 Å². The fraction of sp³-hybridized carbons (Fsp3) is 0.680. The molecule has 1 aliphatic carbocycles. The second kappa shape index (κ2) is 11.5. The molecule has 3 rings (SSSR count). The number of amides is 2. The van der Waals surface area contributed by atoms with E-state index in [1.54, 1.807) is 24.3 Å². The Morgan fingerprint density at radius 3 is 2.18 bits per heavy atom. The van der Waals surface area contributed by atoms with Crippen LogP contribution in [-0.4, -0.2) is 50.8 Å². The van der Waals surface area contributed by atoms with Crippen LogP contribution in [-0.2, 0) is 19.6 Å². The van der Waals surface area contributed by atoms with Crippen LogP contribution in [0.2, 0.25) is 0 Å². The molecule has 0 radical (unpaired) electrons. The highest BCUT2D eigenvalue weighted by molar-refractivity contribution is 7.89. The minimum Gasteiger partial charge on any atom is -0.344 e. The van der Waals surface area contributed by atoms with Gasteiger partial charge in [-0.1, -0.05) is 31.5 Å². The Hall–Kier alpha value is -1.93. The molecule has 2 amide bonds. The lowest BCUT2D eigenvalue weighted by atomic mass is 9.81. The molecule has 2 N–H and O–H groups in total. The van der Waals surface area contributed by atoms with Crippen LogP contribution in [0.1, 0.15) is 64.4 Å². The summed E-state index contributed by atoms with van der Waals surface area (Å²) >= 11 is 0. The Labute approximate surface area is 198 Å². The average molecular weight is 478 g/mol. The summed E-state index contributed by atoms with van der Waals surface area (Å²) in [7, 11) is -3.52. The Morgan fingerprint density at radius 1 is 1.00 bits per heavy atom. The number of aryl methyl sites for hydroxylation is 1. The summed E-state index contributed by atoms with van der Waals surface area (Å²) in [5.41, 5.74) is 1.02. The zero-order chi connectivity index (χ0) is 24.0. The molecule has 1 aliphatic heterocycles. The molecular formula is C25H39N3O4S. The van der Waals surface area contributed by atoms with Crippen molar-refractivity contribution in [1.82, 2.24) is 14.9 Å². The summed E-state index contributed by atoms with van der Waals surface area (Å²) < 4.78 is 27.8. The van der Waals surface area contributed by atoms with Crippen molar-refractivity contribution < 1.29 is 18.0 Å². The molecule has 0 spiro atoms. The van der Waals surface area contributed by atoms with Crippen molar-refractivity contribution in [2.24, 2.45) is 17.8 Å². The van der Waals surface area contributed by atoms with Gasteiger partial charge in [0, 0.05) is 25.6 Å². The molecule has 33 heavy (non-hydrogen) atoms. The van der Waals surface area contributed by atoms with Crippen molar-refractivity contribution in [2.45, 2.75) is 76.7 Å². The number of nitrogens with zero attached hydrogens (tertiary/aromatic N) is 1. The minimum atomic E-state index is -3.52. The van der Waals surface area contributed by atoms with Crippen molar-refractivity contribution in [3.8, 4) is 0 Å². The second-order valence-electron chi connectivity index (χ2n) is 10.00. The predicted molar refractivity (Wildman–Crippen MR) is 129 cm³/mol. The van der Waals surface area contributed by atoms with Gasteiger partial charge in [0.05, 0.1) is 4.90 Å². The van der Waals surface area contributed by atoms with Gasteiger partial charge in [0.1, 0.15) is 6.04 Å². The molecule has 1 atom stereocenters. The lowest BCUT2D eigenvalue weighted by Gasteiger charge is -2.34. The zero-order valence-electron chi connectivity index (χ0n) is 20.2. The van der Waals surface area contributed by atoms with Crippen molar-refractivity contribution in [3.05, 3.63) is 29.8 Å². The van der Waals surface area contributed by atoms with E-state index in [0.29, 0.717) is 19.4 Å². The molecule has 184 valence electrons. The van der Waals surface area contributed by atoms with E-state index in [1.165, 1.54) is 0 Å². The number of nitrogens with one attached hydrogen (secondary N) is 2. The minimum absolute atomic E-state index is 0.0379. The first-order chi connectivity index (χ1) is 15.7. The van der Waals surface area contributed by atoms with Crippen LogP contribution in [0.4, 0.5) is 0 Å². The molecule has 1 aromatic rings. The van der Waals surface area contributed by atoms with E-state index >= 15 is 0 Å². The fourth-order valence-electron chi connectivity index (χ4n) is 4.75. The summed E-state index contributed by atoms with van der Waals surface area (Å²) in [5, 5.41) is 3.04. The van der Waals surface area contributed by atoms with E-state index in [-0.39, 0.29) is 34.5 Å². The number of carbonyl (C=O) groups is 2. The van der Waals surface area contributed by atoms with Crippen LogP contribution in [0.5, 0.6) is 0 Å². The van der Waals surface area contributed by atoms with Gasteiger partial charge in [-0.05, 0) is 75.8 Å². The Bertz CT molecular complexity index is 900.